The molecule has 0 bridgehead atoms. The number of hydrogen-bond donors (Lipinski definition) is 1. The van der Waals surface area contributed by atoms with E-state index in [-0.39, 0.29) is 0 Å². The van der Waals surface area contributed by atoms with E-state index in [2.05, 4.69) is 35.3 Å². The van der Waals surface area contributed by atoms with E-state index >= 15 is 0 Å². The van der Waals surface area contributed by atoms with Crippen LogP contribution in [0.1, 0.15) is 0 Å². The molecule has 0 amide bonds. The largest absolute Gasteiger partial charge is 0.398 e. The van der Waals surface area contributed by atoms with Gasteiger partial charge in [0.05, 0.1) is 5.69 Å². The third-order valence-corrected chi connectivity index (χ3v) is 3.87. The first-order valence-electron chi connectivity index (χ1n) is 6.96. The van der Waals surface area contributed by atoms with Gasteiger partial charge in [-0.15, -0.1) is 0 Å². The Labute approximate surface area is 122 Å². The molecule has 1 heterocycles. The van der Waals surface area contributed by atoms with E-state index in [0.717, 1.165) is 27.7 Å². The van der Waals surface area contributed by atoms with Gasteiger partial charge in [-0.1, -0.05) is 54.6 Å². The molecular weight excluding hydrogens is 256 g/mol. The monoisotopic (exact) mass is 270 g/mol. The lowest BCUT2D eigenvalue weighted by molar-refractivity contribution is 1.36. The Bertz CT molecular complexity index is 952. The van der Waals surface area contributed by atoms with Crippen LogP contribution < -0.4 is 5.73 Å². The van der Waals surface area contributed by atoms with Crippen LogP contribution in [0.2, 0.25) is 0 Å². The number of anilines is 1. The van der Waals surface area contributed by atoms with Crippen molar-refractivity contribution in [1.82, 2.24) is 4.98 Å². The molecule has 1 aromatic heterocycles. The maximum absolute atomic E-state index is 6.27. The minimum absolute atomic E-state index is 0.762. The Balaban J connectivity index is 2.16. The summed E-state index contributed by atoms with van der Waals surface area (Å²) >= 11 is 0. The van der Waals surface area contributed by atoms with Gasteiger partial charge in [0, 0.05) is 22.8 Å². The lowest BCUT2D eigenvalue weighted by Gasteiger charge is -2.12. The van der Waals surface area contributed by atoms with Gasteiger partial charge in [0.2, 0.25) is 0 Å². The predicted octanol–water partition coefficient (Wildman–Crippen LogP) is 4.64. The molecule has 4 rings (SSSR count). The smallest absolute Gasteiger partial charge is 0.0807 e. The van der Waals surface area contributed by atoms with Crippen molar-refractivity contribution in [3.8, 4) is 11.3 Å². The van der Waals surface area contributed by atoms with Crippen molar-refractivity contribution in [1.29, 1.82) is 0 Å². The predicted molar refractivity (Wildman–Crippen MR) is 89.1 cm³/mol. The fourth-order valence-corrected chi connectivity index (χ4v) is 2.87. The first kappa shape index (κ1) is 11.9. The lowest BCUT2D eigenvalue weighted by Crippen LogP contribution is -1.94. The molecule has 2 N–H and O–H groups in total. The zero-order chi connectivity index (χ0) is 14.2. The lowest BCUT2D eigenvalue weighted by atomic mass is 9.97. The summed E-state index contributed by atoms with van der Waals surface area (Å²) in [5.74, 6) is 0. The van der Waals surface area contributed by atoms with Crippen molar-refractivity contribution in [2.75, 3.05) is 5.73 Å². The molecule has 4 aromatic rings. The number of rotatable bonds is 1. The van der Waals surface area contributed by atoms with Crippen molar-refractivity contribution in [3.63, 3.8) is 0 Å². The molecule has 100 valence electrons. The summed E-state index contributed by atoms with van der Waals surface area (Å²) in [7, 11) is 0. The van der Waals surface area contributed by atoms with E-state index in [9.17, 15) is 0 Å². The van der Waals surface area contributed by atoms with Gasteiger partial charge in [-0.3, -0.25) is 4.98 Å². The highest BCUT2D eigenvalue weighted by molar-refractivity contribution is 6.07. The number of nitrogens with zero attached hydrogens (tertiary/aromatic N) is 1. The number of nitrogen functional groups attached to an aromatic ring is 1. The SMILES string of the molecule is Nc1ccc2ccccc2c1-c1nccc2ccccc12. The fourth-order valence-electron chi connectivity index (χ4n) is 2.87. The van der Waals surface area contributed by atoms with Crippen molar-refractivity contribution in [3.05, 3.63) is 72.9 Å². The molecule has 21 heavy (non-hydrogen) atoms. The van der Waals surface area contributed by atoms with E-state index in [4.69, 9.17) is 5.73 Å². The molecule has 0 atom stereocenters. The maximum Gasteiger partial charge on any atom is 0.0807 e. The van der Waals surface area contributed by atoms with Crippen LogP contribution in [-0.4, -0.2) is 4.98 Å². The van der Waals surface area contributed by atoms with Crippen LogP contribution in [-0.2, 0) is 0 Å². The van der Waals surface area contributed by atoms with Gasteiger partial charge < -0.3 is 5.73 Å². The second kappa shape index (κ2) is 4.60. The minimum atomic E-state index is 0.762. The molecule has 2 heteroatoms. The van der Waals surface area contributed by atoms with E-state index < -0.39 is 0 Å². The highest BCUT2D eigenvalue weighted by atomic mass is 14.7. The van der Waals surface area contributed by atoms with Crippen LogP contribution >= 0.6 is 0 Å². The zero-order valence-corrected chi connectivity index (χ0v) is 11.5. The molecule has 0 fully saturated rings. The van der Waals surface area contributed by atoms with Crippen LogP contribution in [0.15, 0.2) is 72.9 Å². The average Bonchev–Trinajstić information content (AvgIpc) is 2.54. The van der Waals surface area contributed by atoms with Gasteiger partial charge in [-0.05, 0) is 28.3 Å². The molecule has 0 saturated carbocycles. The molecular formula is C19H14N2. The second-order valence-corrected chi connectivity index (χ2v) is 5.13. The third-order valence-electron chi connectivity index (χ3n) is 3.87. The van der Waals surface area contributed by atoms with Crippen molar-refractivity contribution in [2.45, 2.75) is 0 Å². The van der Waals surface area contributed by atoms with Gasteiger partial charge in [-0.25, -0.2) is 0 Å². The van der Waals surface area contributed by atoms with Crippen LogP contribution in [0.5, 0.6) is 0 Å². The normalized spacial score (nSPS) is 11.0. The quantitative estimate of drug-likeness (QED) is 0.512. The summed E-state index contributed by atoms with van der Waals surface area (Å²) in [6, 6.07) is 22.6. The zero-order valence-electron chi connectivity index (χ0n) is 11.5. The topological polar surface area (TPSA) is 38.9 Å². The highest BCUT2D eigenvalue weighted by Crippen LogP contribution is 2.36. The average molecular weight is 270 g/mol. The molecule has 2 nitrogen and oxygen atoms in total. The van der Waals surface area contributed by atoms with Crippen LogP contribution in [0.4, 0.5) is 5.69 Å². The number of hydrogen-bond acceptors (Lipinski definition) is 2. The number of benzene rings is 3. The standard InChI is InChI=1S/C19H14N2/c20-17-10-9-13-5-1-3-7-15(13)18(17)19-16-8-4-2-6-14(16)11-12-21-19/h1-12H,20H2. The summed E-state index contributed by atoms with van der Waals surface area (Å²) in [4.78, 5) is 4.61. The second-order valence-electron chi connectivity index (χ2n) is 5.13. The summed E-state index contributed by atoms with van der Waals surface area (Å²) in [5, 5.41) is 4.62. The van der Waals surface area contributed by atoms with Gasteiger partial charge in [-0.2, -0.15) is 0 Å². The molecule has 0 saturated heterocycles. The molecule has 0 aliphatic heterocycles. The molecule has 0 aliphatic rings. The van der Waals surface area contributed by atoms with Gasteiger partial charge in [0.25, 0.3) is 0 Å². The van der Waals surface area contributed by atoms with Crippen molar-refractivity contribution >= 4 is 27.2 Å². The first-order valence-corrected chi connectivity index (χ1v) is 6.96. The Hall–Kier alpha value is -2.87. The third kappa shape index (κ3) is 1.84. The molecule has 0 unspecified atom stereocenters. The Morgan fingerprint density at radius 1 is 0.667 bits per heavy atom. The van der Waals surface area contributed by atoms with Gasteiger partial charge in [0.15, 0.2) is 0 Å². The Morgan fingerprint density at radius 3 is 2.14 bits per heavy atom. The number of fused-ring (bicyclic) bond motifs is 2. The maximum atomic E-state index is 6.27. The number of aromatic nitrogens is 1. The molecule has 0 radical (unpaired) electrons. The number of pyridine rings is 1. The summed E-state index contributed by atoms with van der Waals surface area (Å²) in [6.45, 7) is 0. The highest BCUT2D eigenvalue weighted by Gasteiger charge is 2.12. The van der Waals surface area contributed by atoms with Crippen LogP contribution in [0.25, 0.3) is 32.8 Å². The van der Waals surface area contributed by atoms with Crippen molar-refractivity contribution < 1.29 is 0 Å². The summed E-state index contributed by atoms with van der Waals surface area (Å²) in [6.07, 6.45) is 1.85. The van der Waals surface area contributed by atoms with Gasteiger partial charge in [0.1, 0.15) is 0 Å². The van der Waals surface area contributed by atoms with Gasteiger partial charge >= 0.3 is 0 Å². The van der Waals surface area contributed by atoms with Crippen LogP contribution in [0, 0.1) is 0 Å². The van der Waals surface area contributed by atoms with E-state index in [0.29, 0.717) is 0 Å². The Morgan fingerprint density at radius 2 is 1.33 bits per heavy atom. The Kier molecular flexibility index (Phi) is 2.61. The van der Waals surface area contributed by atoms with Crippen molar-refractivity contribution in [2.24, 2.45) is 0 Å². The fraction of sp³-hybridized carbons (Fsp3) is 0. The van der Waals surface area contributed by atoms with E-state index in [1.165, 1.54) is 10.8 Å². The molecule has 0 aliphatic carbocycles. The van der Waals surface area contributed by atoms with E-state index in [1.807, 2.05) is 42.6 Å². The molecule has 0 spiro atoms. The molecule has 3 aromatic carbocycles. The van der Waals surface area contributed by atoms with Crippen LogP contribution in [0.3, 0.4) is 0 Å². The summed E-state index contributed by atoms with van der Waals surface area (Å²) < 4.78 is 0. The first-order chi connectivity index (χ1) is 10.3. The minimum Gasteiger partial charge on any atom is -0.398 e. The number of nitrogens with two attached hydrogens (primary N) is 1. The van der Waals surface area contributed by atoms with E-state index in [1.54, 1.807) is 0 Å². The summed E-state index contributed by atoms with van der Waals surface area (Å²) in [5.41, 5.74) is 9.00.